The van der Waals surface area contributed by atoms with Crippen LogP contribution in [0.25, 0.3) is 11.3 Å². The molecule has 8 heteroatoms. The summed E-state index contributed by atoms with van der Waals surface area (Å²) in [6, 6.07) is 12.7. The van der Waals surface area contributed by atoms with Gasteiger partial charge in [-0.1, -0.05) is 31.2 Å². The zero-order chi connectivity index (χ0) is 23.8. The number of carbonyl (C=O) groups is 4. The molecule has 1 aliphatic heterocycles. The van der Waals surface area contributed by atoms with Gasteiger partial charge in [-0.15, -0.1) is 0 Å². The molecule has 3 amide bonds. The third-order valence-electron chi connectivity index (χ3n) is 5.88. The predicted molar refractivity (Wildman–Crippen MR) is 124 cm³/mol. The van der Waals surface area contributed by atoms with E-state index in [0.29, 0.717) is 25.8 Å². The van der Waals surface area contributed by atoms with Crippen LogP contribution in [0.3, 0.4) is 0 Å². The Kier molecular flexibility index (Phi) is 8.29. The van der Waals surface area contributed by atoms with Gasteiger partial charge < -0.3 is 16.0 Å². The maximum absolute atomic E-state index is 12.9. The van der Waals surface area contributed by atoms with E-state index < -0.39 is 17.9 Å². The highest BCUT2D eigenvalue weighted by Crippen LogP contribution is 2.19. The zero-order valence-corrected chi connectivity index (χ0v) is 18.8. The van der Waals surface area contributed by atoms with E-state index in [9.17, 15) is 19.2 Å². The van der Waals surface area contributed by atoms with Crippen molar-refractivity contribution in [1.82, 2.24) is 15.2 Å². The standard InChI is InChI=1S/C25H30N4O4/c1-17(25(26)33)10-11-23(31)28-21-9-5-13-29(16-22(21)30)24(32)15-18-6-4-7-19(14-18)20-8-2-3-12-27-20/h2-4,6-8,12,14,17,21H,5,9-11,13,15-16H2,1H3,(H2,26,33)(H,28,31)/t17?,21-/m0/s1. The van der Waals surface area contributed by atoms with Gasteiger partial charge in [-0.05, 0) is 43.0 Å². The first kappa shape index (κ1) is 24.1. The van der Waals surface area contributed by atoms with Crippen LogP contribution in [0.5, 0.6) is 0 Å². The van der Waals surface area contributed by atoms with Crippen molar-refractivity contribution in [2.24, 2.45) is 11.7 Å². The summed E-state index contributed by atoms with van der Waals surface area (Å²) < 4.78 is 0. The molecule has 2 atom stereocenters. The normalized spacial score (nSPS) is 17.2. The number of carbonyl (C=O) groups excluding carboxylic acids is 4. The molecule has 2 heterocycles. The van der Waals surface area contributed by atoms with Crippen LogP contribution in [-0.4, -0.2) is 52.5 Å². The van der Waals surface area contributed by atoms with Crippen molar-refractivity contribution in [3.8, 4) is 11.3 Å². The van der Waals surface area contributed by atoms with E-state index in [0.717, 1.165) is 16.8 Å². The van der Waals surface area contributed by atoms with Crippen LogP contribution in [0, 0.1) is 5.92 Å². The van der Waals surface area contributed by atoms with E-state index in [1.807, 2.05) is 42.5 Å². The molecule has 0 saturated carbocycles. The summed E-state index contributed by atoms with van der Waals surface area (Å²) in [4.78, 5) is 54.9. The Balaban J connectivity index is 1.55. The van der Waals surface area contributed by atoms with Crippen LogP contribution in [0.2, 0.25) is 0 Å². The number of hydrogen-bond acceptors (Lipinski definition) is 5. The summed E-state index contributed by atoms with van der Waals surface area (Å²) in [5.74, 6) is -1.44. The summed E-state index contributed by atoms with van der Waals surface area (Å²) >= 11 is 0. The van der Waals surface area contributed by atoms with E-state index in [-0.39, 0.29) is 37.0 Å². The molecule has 0 spiro atoms. The van der Waals surface area contributed by atoms with Crippen molar-refractivity contribution in [3.05, 3.63) is 54.2 Å². The lowest BCUT2D eigenvalue weighted by molar-refractivity contribution is -0.135. The lowest BCUT2D eigenvalue weighted by Gasteiger charge is -2.20. The predicted octanol–water partition coefficient (Wildman–Crippen LogP) is 1.87. The highest BCUT2D eigenvalue weighted by atomic mass is 16.2. The van der Waals surface area contributed by atoms with Gasteiger partial charge >= 0.3 is 0 Å². The van der Waals surface area contributed by atoms with Gasteiger partial charge in [0.05, 0.1) is 24.7 Å². The second kappa shape index (κ2) is 11.4. The molecule has 33 heavy (non-hydrogen) atoms. The topological polar surface area (TPSA) is 122 Å². The Morgan fingerprint density at radius 1 is 1.21 bits per heavy atom. The maximum Gasteiger partial charge on any atom is 0.227 e. The largest absolute Gasteiger partial charge is 0.369 e. The number of benzene rings is 1. The van der Waals surface area contributed by atoms with Crippen molar-refractivity contribution >= 4 is 23.5 Å². The van der Waals surface area contributed by atoms with E-state index in [2.05, 4.69) is 10.3 Å². The second-order valence-electron chi connectivity index (χ2n) is 8.48. The molecular weight excluding hydrogens is 420 g/mol. The summed E-state index contributed by atoms with van der Waals surface area (Å²) in [6.07, 6.45) is 3.48. The second-order valence-corrected chi connectivity index (χ2v) is 8.48. The average Bonchev–Trinajstić information content (AvgIpc) is 2.99. The molecule has 1 aliphatic rings. The van der Waals surface area contributed by atoms with Gasteiger partial charge in [0.2, 0.25) is 17.7 Å². The number of aromatic nitrogens is 1. The molecule has 0 aliphatic carbocycles. The number of amides is 3. The molecule has 174 valence electrons. The molecule has 0 bridgehead atoms. The summed E-state index contributed by atoms with van der Waals surface area (Å²) in [6.45, 7) is 2.11. The number of primary amides is 1. The fourth-order valence-electron chi connectivity index (χ4n) is 3.81. The Bertz CT molecular complexity index is 1010. The summed E-state index contributed by atoms with van der Waals surface area (Å²) in [5, 5.41) is 2.75. The first-order valence-electron chi connectivity index (χ1n) is 11.2. The minimum atomic E-state index is -0.619. The molecule has 2 aromatic rings. The quantitative estimate of drug-likeness (QED) is 0.636. The number of nitrogens with zero attached hydrogens (tertiary/aromatic N) is 2. The van der Waals surface area contributed by atoms with Gasteiger partial charge in [0.15, 0.2) is 5.78 Å². The van der Waals surface area contributed by atoms with E-state index in [1.54, 1.807) is 18.0 Å². The van der Waals surface area contributed by atoms with Gasteiger partial charge in [-0.3, -0.25) is 24.2 Å². The van der Waals surface area contributed by atoms with Crippen molar-refractivity contribution in [2.75, 3.05) is 13.1 Å². The highest BCUT2D eigenvalue weighted by Gasteiger charge is 2.28. The number of nitrogens with two attached hydrogens (primary N) is 1. The van der Waals surface area contributed by atoms with Gasteiger partial charge in [0.25, 0.3) is 0 Å². The van der Waals surface area contributed by atoms with Crippen LogP contribution in [-0.2, 0) is 25.6 Å². The molecule has 8 nitrogen and oxygen atoms in total. The zero-order valence-electron chi connectivity index (χ0n) is 18.8. The van der Waals surface area contributed by atoms with Crippen molar-refractivity contribution in [3.63, 3.8) is 0 Å². The molecule has 1 fully saturated rings. The third kappa shape index (κ3) is 6.97. The van der Waals surface area contributed by atoms with Gasteiger partial charge in [0.1, 0.15) is 0 Å². The van der Waals surface area contributed by atoms with Crippen LogP contribution < -0.4 is 11.1 Å². The fraction of sp³-hybridized carbons (Fsp3) is 0.400. The SMILES string of the molecule is CC(CCC(=O)N[C@H]1CCCN(C(=O)Cc2cccc(-c3ccccn3)c2)CC1=O)C(N)=O. The van der Waals surface area contributed by atoms with Crippen molar-refractivity contribution < 1.29 is 19.2 Å². The summed E-state index contributed by atoms with van der Waals surface area (Å²) in [5.41, 5.74) is 7.84. The van der Waals surface area contributed by atoms with E-state index >= 15 is 0 Å². The van der Waals surface area contributed by atoms with Crippen molar-refractivity contribution in [2.45, 2.75) is 45.1 Å². The molecule has 3 rings (SSSR count). The van der Waals surface area contributed by atoms with Crippen LogP contribution in [0.4, 0.5) is 0 Å². The van der Waals surface area contributed by atoms with Gasteiger partial charge in [0, 0.05) is 30.6 Å². The number of Topliss-reactive ketones (excluding diaryl/α,β-unsaturated/α-hetero) is 1. The Hall–Kier alpha value is -3.55. The van der Waals surface area contributed by atoms with E-state index in [1.165, 1.54) is 0 Å². The van der Waals surface area contributed by atoms with E-state index in [4.69, 9.17) is 5.73 Å². The third-order valence-corrected chi connectivity index (χ3v) is 5.88. The van der Waals surface area contributed by atoms with Crippen molar-refractivity contribution in [1.29, 1.82) is 0 Å². The minimum Gasteiger partial charge on any atom is -0.369 e. The molecular formula is C25H30N4O4. The minimum absolute atomic E-state index is 0.0264. The molecule has 1 saturated heterocycles. The first-order valence-corrected chi connectivity index (χ1v) is 11.2. The van der Waals surface area contributed by atoms with Crippen LogP contribution in [0.1, 0.15) is 38.2 Å². The number of likely N-dealkylation sites (tertiary alicyclic amines) is 1. The lowest BCUT2D eigenvalue weighted by Crippen LogP contribution is -2.44. The number of ketones is 1. The number of hydrogen-bond donors (Lipinski definition) is 2. The number of pyridine rings is 1. The molecule has 0 radical (unpaired) electrons. The summed E-state index contributed by atoms with van der Waals surface area (Å²) in [7, 11) is 0. The maximum atomic E-state index is 12.9. The smallest absolute Gasteiger partial charge is 0.227 e. The number of rotatable bonds is 8. The van der Waals surface area contributed by atoms with Crippen LogP contribution in [0.15, 0.2) is 48.7 Å². The molecule has 1 aromatic carbocycles. The lowest BCUT2D eigenvalue weighted by atomic mass is 10.0. The Morgan fingerprint density at radius 2 is 2.03 bits per heavy atom. The Morgan fingerprint density at radius 3 is 2.76 bits per heavy atom. The van der Waals surface area contributed by atoms with Crippen LogP contribution >= 0.6 is 0 Å². The molecule has 3 N–H and O–H groups in total. The van der Waals surface area contributed by atoms with Gasteiger partial charge in [-0.2, -0.15) is 0 Å². The average molecular weight is 451 g/mol. The molecule has 1 unspecified atom stereocenters. The fourth-order valence-corrected chi connectivity index (χ4v) is 3.81. The highest BCUT2D eigenvalue weighted by molar-refractivity contribution is 5.93. The number of nitrogens with one attached hydrogen (secondary N) is 1. The monoisotopic (exact) mass is 450 g/mol. The Labute approximate surface area is 193 Å². The van der Waals surface area contributed by atoms with Gasteiger partial charge in [-0.25, -0.2) is 0 Å². The first-order chi connectivity index (χ1) is 15.8. The molecule has 1 aromatic heterocycles.